The van der Waals surface area contributed by atoms with E-state index >= 15 is 0 Å². The summed E-state index contributed by atoms with van der Waals surface area (Å²) in [5, 5.41) is 21.8. The molecule has 3 rings (SSSR count). The zero-order chi connectivity index (χ0) is 17.8. The number of benzene rings is 2. The number of carbonyl (C=O) groups excluding carboxylic acids is 1. The number of carbonyl (C=O) groups is 1. The Morgan fingerprint density at radius 2 is 2.16 bits per heavy atom. The molecule has 2 aromatic rings. The van der Waals surface area contributed by atoms with Gasteiger partial charge in [-0.05, 0) is 42.2 Å². The highest BCUT2D eigenvalue weighted by molar-refractivity contribution is 5.76. The maximum absolute atomic E-state index is 12.8. The molecule has 1 heterocycles. The Bertz CT molecular complexity index is 813. The number of aliphatic hydroxyl groups is 1. The van der Waals surface area contributed by atoms with Gasteiger partial charge in [-0.3, -0.25) is 0 Å². The lowest BCUT2D eigenvalue weighted by molar-refractivity contribution is 0.125. The molecule has 0 radical (unpaired) electrons. The van der Waals surface area contributed by atoms with Crippen molar-refractivity contribution in [2.24, 2.45) is 0 Å². The summed E-state index contributed by atoms with van der Waals surface area (Å²) in [4.78, 5) is 14.4. The van der Waals surface area contributed by atoms with Gasteiger partial charge in [-0.25, -0.2) is 4.79 Å². The molecule has 0 saturated heterocycles. The van der Waals surface area contributed by atoms with Gasteiger partial charge in [0, 0.05) is 6.54 Å². The minimum absolute atomic E-state index is 0.108. The first-order valence-corrected chi connectivity index (χ1v) is 8.40. The Morgan fingerprint density at radius 1 is 1.36 bits per heavy atom. The number of nitriles is 1. The molecule has 0 unspecified atom stereocenters. The van der Waals surface area contributed by atoms with Crippen LogP contribution in [0.3, 0.4) is 0 Å². The molecular weight excluding hydrogens is 314 g/mol. The number of rotatable bonds is 3. The Balaban J connectivity index is 1.75. The summed E-state index contributed by atoms with van der Waals surface area (Å²) in [6, 6.07) is 16.5. The molecule has 1 aliphatic rings. The monoisotopic (exact) mass is 335 g/mol. The number of amides is 2. The van der Waals surface area contributed by atoms with E-state index in [-0.39, 0.29) is 24.7 Å². The van der Waals surface area contributed by atoms with Gasteiger partial charge >= 0.3 is 6.03 Å². The van der Waals surface area contributed by atoms with Gasteiger partial charge in [-0.15, -0.1) is 0 Å². The Labute approximate surface area is 147 Å². The molecular formula is C20H21N3O2. The number of nitrogens with one attached hydrogen (secondary N) is 1. The third-order valence-corrected chi connectivity index (χ3v) is 4.70. The fourth-order valence-electron chi connectivity index (χ4n) is 3.32. The van der Waals surface area contributed by atoms with E-state index in [1.807, 2.05) is 43.3 Å². The summed E-state index contributed by atoms with van der Waals surface area (Å²) < 4.78 is 0. The van der Waals surface area contributed by atoms with Crippen molar-refractivity contribution in [2.75, 3.05) is 13.2 Å². The van der Waals surface area contributed by atoms with Crippen molar-refractivity contribution in [3.63, 3.8) is 0 Å². The molecule has 0 saturated carbocycles. The number of hydrogen-bond donors (Lipinski definition) is 2. The molecule has 0 bridgehead atoms. The minimum atomic E-state index is -0.331. The molecule has 2 atom stereocenters. The number of urea groups is 1. The predicted octanol–water partition coefficient (Wildman–Crippen LogP) is 2.92. The van der Waals surface area contributed by atoms with Crippen molar-refractivity contribution < 1.29 is 9.90 Å². The molecule has 128 valence electrons. The smallest absolute Gasteiger partial charge is 0.318 e. The van der Waals surface area contributed by atoms with Gasteiger partial charge in [0.25, 0.3) is 0 Å². The second-order valence-corrected chi connectivity index (χ2v) is 6.25. The molecule has 5 heteroatoms. The van der Waals surface area contributed by atoms with Crippen LogP contribution in [0.25, 0.3) is 0 Å². The normalized spacial score (nSPS) is 17.3. The van der Waals surface area contributed by atoms with Crippen LogP contribution in [0.4, 0.5) is 4.79 Å². The molecule has 2 amide bonds. The Hall–Kier alpha value is -2.84. The van der Waals surface area contributed by atoms with E-state index in [1.54, 1.807) is 17.0 Å². The second-order valence-electron chi connectivity index (χ2n) is 6.25. The van der Waals surface area contributed by atoms with Crippen molar-refractivity contribution in [3.8, 4) is 6.07 Å². The van der Waals surface area contributed by atoms with Crippen LogP contribution in [0.2, 0.25) is 0 Å². The van der Waals surface area contributed by atoms with Crippen LogP contribution in [-0.4, -0.2) is 29.2 Å². The summed E-state index contributed by atoms with van der Waals surface area (Å²) in [5.41, 5.74) is 3.63. The zero-order valence-electron chi connectivity index (χ0n) is 14.1. The SMILES string of the molecule is C[C@@H](NC(=O)N1CCc2ccccc2[C@@H]1CO)c1cccc(C#N)c1. The van der Waals surface area contributed by atoms with Crippen molar-refractivity contribution >= 4 is 6.03 Å². The van der Waals surface area contributed by atoms with Gasteiger partial charge < -0.3 is 15.3 Å². The van der Waals surface area contributed by atoms with Crippen LogP contribution >= 0.6 is 0 Å². The molecule has 5 nitrogen and oxygen atoms in total. The van der Waals surface area contributed by atoms with Crippen LogP contribution in [-0.2, 0) is 6.42 Å². The summed E-state index contributed by atoms with van der Waals surface area (Å²) in [6.07, 6.45) is 0.776. The highest BCUT2D eigenvalue weighted by atomic mass is 16.3. The van der Waals surface area contributed by atoms with Crippen molar-refractivity contribution in [2.45, 2.75) is 25.4 Å². The zero-order valence-corrected chi connectivity index (χ0v) is 14.1. The molecule has 25 heavy (non-hydrogen) atoms. The molecule has 0 spiro atoms. The van der Waals surface area contributed by atoms with E-state index in [9.17, 15) is 9.90 Å². The van der Waals surface area contributed by atoms with Gasteiger partial charge in [0.1, 0.15) is 0 Å². The van der Waals surface area contributed by atoms with Crippen LogP contribution in [0, 0.1) is 11.3 Å². The largest absolute Gasteiger partial charge is 0.394 e. The average molecular weight is 335 g/mol. The fourth-order valence-corrected chi connectivity index (χ4v) is 3.32. The van der Waals surface area contributed by atoms with Gasteiger partial charge in [0.15, 0.2) is 0 Å². The molecule has 2 N–H and O–H groups in total. The highest BCUT2D eigenvalue weighted by Crippen LogP contribution is 2.29. The summed E-state index contributed by atoms with van der Waals surface area (Å²) in [7, 11) is 0. The molecule has 2 aromatic carbocycles. The molecule has 0 aromatic heterocycles. The van der Waals surface area contributed by atoms with Gasteiger partial charge in [0.05, 0.1) is 30.3 Å². The molecule has 1 aliphatic heterocycles. The third kappa shape index (κ3) is 3.49. The summed E-state index contributed by atoms with van der Waals surface area (Å²) in [6.45, 7) is 2.35. The Kier molecular flexibility index (Phi) is 5.01. The van der Waals surface area contributed by atoms with E-state index in [0.717, 1.165) is 17.5 Å². The molecule has 0 fully saturated rings. The van der Waals surface area contributed by atoms with E-state index < -0.39 is 0 Å². The highest BCUT2D eigenvalue weighted by Gasteiger charge is 2.30. The lowest BCUT2D eigenvalue weighted by Gasteiger charge is -2.37. The third-order valence-electron chi connectivity index (χ3n) is 4.70. The average Bonchev–Trinajstić information content (AvgIpc) is 2.66. The molecule has 0 aliphatic carbocycles. The van der Waals surface area contributed by atoms with E-state index in [1.165, 1.54) is 5.56 Å². The van der Waals surface area contributed by atoms with Crippen molar-refractivity contribution in [3.05, 3.63) is 70.8 Å². The second kappa shape index (κ2) is 7.37. The first-order chi connectivity index (χ1) is 12.1. The Morgan fingerprint density at radius 3 is 2.92 bits per heavy atom. The maximum atomic E-state index is 12.8. The first kappa shape index (κ1) is 17.0. The first-order valence-electron chi connectivity index (χ1n) is 8.40. The van der Waals surface area contributed by atoms with Gasteiger partial charge in [-0.2, -0.15) is 5.26 Å². The van der Waals surface area contributed by atoms with Crippen molar-refractivity contribution in [1.29, 1.82) is 5.26 Å². The number of fused-ring (bicyclic) bond motifs is 1. The van der Waals surface area contributed by atoms with Crippen LogP contribution in [0.1, 0.15) is 41.3 Å². The van der Waals surface area contributed by atoms with Gasteiger partial charge in [0.2, 0.25) is 0 Å². The summed E-state index contributed by atoms with van der Waals surface area (Å²) >= 11 is 0. The van der Waals surface area contributed by atoms with Crippen molar-refractivity contribution in [1.82, 2.24) is 10.2 Å². The number of nitrogens with zero attached hydrogens (tertiary/aromatic N) is 2. The van der Waals surface area contributed by atoms with Crippen LogP contribution < -0.4 is 5.32 Å². The van der Waals surface area contributed by atoms with Crippen LogP contribution in [0.15, 0.2) is 48.5 Å². The summed E-state index contributed by atoms with van der Waals surface area (Å²) in [5.74, 6) is 0. The van der Waals surface area contributed by atoms with E-state index in [2.05, 4.69) is 11.4 Å². The van der Waals surface area contributed by atoms with E-state index in [0.29, 0.717) is 12.1 Å². The topological polar surface area (TPSA) is 76.4 Å². The lowest BCUT2D eigenvalue weighted by Crippen LogP contribution is -2.47. The standard InChI is InChI=1S/C20H21N3O2/c1-14(17-7-4-5-15(11-17)12-21)22-20(25)23-10-9-16-6-2-3-8-18(16)19(23)13-24/h2-8,11,14,19,24H,9-10,13H2,1H3,(H,22,25)/t14-,19+/m1/s1. The van der Waals surface area contributed by atoms with Crippen LogP contribution in [0.5, 0.6) is 0 Å². The van der Waals surface area contributed by atoms with E-state index in [4.69, 9.17) is 5.26 Å². The quantitative estimate of drug-likeness (QED) is 0.905. The number of aliphatic hydroxyl groups excluding tert-OH is 1. The number of hydrogen-bond acceptors (Lipinski definition) is 3. The maximum Gasteiger partial charge on any atom is 0.318 e. The fraction of sp³-hybridized carbons (Fsp3) is 0.300. The predicted molar refractivity (Wildman–Crippen MR) is 94.8 cm³/mol. The minimum Gasteiger partial charge on any atom is -0.394 e. The lowest BCUT2D eigenvalue weighted by atomic mass is 9.93. The van der Waals surface area contributed by atoms with Gasteiger partial charge in [-0.1, -0.05) is 36.4 Å².